The molecule has 3 aromatic rings. The standard InChI is InChI=1S/C24H19Cl2NO4/c1-13-5-6-14(2)17(10-13)22(28)20-21(15-7-8-18(25)19(26)11-15)27(24(30)23(20)29)12-16-4-3-9-31-16/h3-11,21,28H,12H2,1-2H3. The summed E-state index contributed by atoms with van der Waals surface area (Å²) < 4.78 is 5.39. The molecule has 1 N–H and O–H groups in total. The zero-order valence-electron chi connectivity index (χ0n) is 16.9. The molecule has 1 amide bonds. The number of likely N-dealkylation sites (tertiary alicyclic amines) is 1. The van der Waals surface area contributed by atoms with Gasteiger partial charge < -0.3 is 14.4 Å². The molecule has 1 saturated heterocycles. The first-order valence-corrected chi connectivity index (χ1v) is 10.4. The summed E-state index contributed by atoms with van der Waals surface area (Å²) in [7, 11) is 0. The predicted octanol–water partition coefficient (Wildman–Crippen LogP) is 5.83. The van der Waals surface area contributed by atoms with Gasteiger partial charge in [0.2, 0.25) is 0 Å². The van der Waals surface area contributed by atoms with Crippen LogP contribution in [0.3, 0.4) is 0 Å². The van der Waals surface area contributed by atoms with Crippen LogP contribution in [-0.4, -0.2) is 21.7 Å². The number of hydrogen-bond donors (Lipinski definition) is 1. The number of furan rings is 1. The van der Waals surface area contributed by atoms with Gasteiger partial charge in [0.05, 0.1) is 34.5 Å². The van der Waals surface area contributed by atoms with Crippen LogP contribution in [0, 0.1) is 13.8 Å². The summed E-state index contributed by atoms with van der Waals surface area (Å²) >= 11 is 12.3. The summed E-state index contributed by atoms with van der Waals surface area (Å²) in [6, 6.07) is 13.0. The SMILES string of the molecule is Cc1ccc(C)c(C(O)=C2C(=O)C(=O)N(Cc3ccco3)C2c2ccc(Cl)c(Cl)c2)c1. The predicted molar refractivity (Wildman–Crippen MR) is 119 cm³/mol. The molecule has 31 heavy (non-hydrogen) atoms. The maximum absolute atomic E-state index is 13.1. The Morgan fingerprint density at radius 3 is 2.52 bits per heavy atom. The van der Waals surface area contributed by atoms with Crippen molar-refractivity contribution in [2.24, 2.45) is 0 Å². The number of ketones is 1. The molecule has 1 atom stereocenters. The van der Waals surface area contributed by atoms with E-state index >= 15 is 0 Å². The minimum Gasteiger partial charge on any atom is -0.507 e. The van der Waals surface area contributed by atoms with E-state index in [1.54, 1.807) is 36.4 Å². The van der Waals surface area contributed by atoms with Gasteiger partial charge in [0.15, 0.2) is 0 Å². The van der Waals surface area contributed by atoms with Gasteiger partial charge in [-0.15, -0.1) is 0 Å². The lowest BCUT2D eigenvalue weighted by Crippen LogP contribution is -2.29. The van der Waals surface area contributed by atoms with Gasteiger partial charge in [-0.3, -0.25) is 9.59 Å². The number of carbonyl (C=O) groups is 2. The zero-order valence-corrected chi connectivity index (χ0v) is 18.4. The van der Waals surface area contributed by atoms with Gasteiger partial charge in [0, 0.05) is 5.56 Å². The van der Waals surface area contributed by atoms with Crippen LogP contribution in [0.4, 0.5) is 0 Å². The fraction of sp³-hybridized carbons (Fsp3) is 0.167. The van der Waals surface area contributed by atoms with Crippen LogP contribution in [0.15, 0.2) is 64.8 Å². The lowest BCUT2D eigenvalue weighted by atomic mass is 9.93. The van der Waals surface area contributed by atoms with E-state index < -0.39 is 17.7 Å². The summed E-state index contributed by atoms with van der Waals surface area (Å²) in [6.45, 7) is 3.79. The highest BCUT2D eigenvalue weighted by Gasteiger charge is 2.46. The first kappa shape index (κ1) is 21.2. The number of rotatable bonds is 4. The van der Waals surface area contributed by atoms with Crippen molar-refractivity contribution in [1.29, 1.82) is 0 Å². The quantitative estimate of drug-likeness (QED) is 0.305. The summed E-state index contributed by atoms with van der Waals surface area (Å²) in [6.07, 6.45) is 1.50. The van der Waals surface area contributed by atoms with Crippen LogP contribution in [-0.2, 0) is 16.1 Å². The van der Waals surface area contributed by atoms with E-state index in [2.05, 4.69) is 0 Å². The lowest BCUT2D eigenvalue weighted by molar-refractivity contribution is -0.140. The Kier molecular flexibility index (Phi) is 5.65. The fourth-order valence-electron chi connectivity index (χ4n) is 3.78. The Morgan fingerprint density at radius 1 is 1.06 bits per heavy atom. The molecule has 0 bridgehead atoms. The maximum Gasteiger partial charge on any atom is 0.296 e. The van der Waals surface area contributed by atoms with Crippen LogP contribution in [0.25, 0.3) is 5.76 Å². The second kappa shape index (κ2) is 8.25. The van der Waals surface area contributed by atoms with E-state index in [0.717, 1.165) is 11.1 Å². The van der Waals surface area contributed by atoms with Gasteiger partial charge >= 0.3 is 0 Å². The molecule has 1 aromatic heterocycles. The lowest BCUT2D eigenvalue weighted by Gasteiger charge is -2.25. The highest BCUT2D eigenvalue weighted by atomic mass is 35.5. The molecule has 1 aliphatic rings. The zero-order chi connectivity index (χ0) is 22.3. The van der Waals surface area contributed by atoms with E-state index in [4.69, 9.17) is 27.6 Å². The van der Waals surface area contributed by atoms with Gasteiger partial charge in [0.1, 0.15) is 11.5 Å². The first-order valence-electron chi connectivity index (χ1n) is 9.61. The molecule has 0 aliphatic carbocycles. The van der Waals surface area contributed by atoms with E-state index in [-0.39, 0.29) is 22.9 Å². The highest BCUT2D eigenvalue weighted by molar-refractivity contribution is 6.46. The number of aliphatic hydroxyl groups excluding tert-OH is 1. The van der Waals surface area contributed by atoms with Crippen molar-refractivity contribution in [1.82, 2.24) is 4.90 Å². The third-order valence-corrected chi connectivity index (χ3v) is 6.09. The van der Waals surface area contributed by atoms with Crippen LogP contribution in [0.5, 0.6) is 0 Å². The molecule has 0 saturated carbocycles. The van der Waals surface area contributed by atoms with Crippen molar-refractivity contribution >= 4 is 40.7 Å². The number of aryl methyl sites for hydroxylation is 2. The molecule has 2 aromatic carbocycles. The molecule has 1 aliphatic heterocycles. The van der Waals surface area contributed by atoms with Crippen molar-refractivity contribution < 1.29 is 19.1 Å². The van der Waals surface area contributed by atoms with Crippen molar-refractivity contribution in [3.05, 3.63) is 98.4 Å². The van der Waals surface area contributed by atoms with E-state index in [1.165, 1.54) is 11.2 Å². The number of hydrogen-bond acceptors (Lipinski definition) is 4. The largest absolute Gasteiger partial charge is 0.507 e. The molecule has 0 radical (unpaired) electrons. The normalized spacial score (nSPS) is 18.1. The number of amides is 1. The summed E-state index contributed by atoms with van der Waals surface area (Å²) in [4.78, 5) is 27.5. The minimum absolute atomic E-state index is 0.00338. The van der Waals surface area contributed by atoms with Gasteiger partial charge in [-0.25, -0.2) is 0 Å². The number of Topliss-reactive ketones (excluding diaryl/α,β-unsaturated/α-hetero) is 1. The van der Waals surface area contributed by atoms with E-state index in [1.807, 2.05) is 26.0 Å². The maximum atomic E-state index is 13.1. The molecule has 4 rings (SSSR count). The number of nitrogens with zero attached hydrogens (tertiary/aromatic N) is 1. The third kappa shape index (κ3) is 3.87. The van der Waals surface area contributed by atoms with Gasteiger partial charge in [-0.05, 0) is 55.3 Å². The summed E-state index contributed by atoms with van der Waals surface area (Å²) in [5, 5.41) is 11.8. The van der Waals surface area contributed by atoms with Gasteiger partial charge in [0.25, 0.3) is 11.7 Å². The van der Waals surface area contributed by atoms with Crippen molar-refractivity contribution in [2.45, 2.75) is 26.4 Å². The van der Waals surface area contributed by atoms with E-state index in [9.17, 15) is 14.7 Å². The summed E-state index contributed by atoms with van der Waals surface area (Å²) in [5.41, 5.74) is 2.77. The van der Waals surface area contributed by atoms with Gasteiger partial charge in [-0.1, -0.05) is 47.0 Å². The topological polar surface area (TPSA) is 70.8 Å². The molecule has 1 unspecified atom stereocenters. The van der Waals surface area contributed by atoms with Crippen molar-refractivity contribution in [3.63, 3.8) is 0 Å². The van der Waals surface area contributed by atoms with E-state index in [0.29, 0.717) is 21.9 Å². The molecular formula is C24H19Cl2NO4. The number of aliphatic hydroxyl groups is 1. The molecule has 5 nitrogen and oxygen atoms in total. The van der Waals surface area contributed by atoms with Crippen LogP contribution >= 0.6 is 23.2 Å². The Balaban J connectivity index is 1.93. The Hall–Kier alpha value is -3.02. The molecule has 2 heterocycles. The summed E-state index contributed by atoms with van der Waals surface area (Å²) in [5.74, 6) is -1.20. The van der Waals surface area contributed by atoms with Gasteiger partial charge in [-0.2, -0.15) is 0 Å². The third-order valence-electron chi connectivity index (χ3n) is 5.35. The Bertz CT molecular complexity index is 1210. The number of carbonyl (C=O) groups excluding carboxylic acids is 2. The number of halogens is 2. The molecule has 0 spiro atoms. The molecular weight excluding hydrogens is 437 g/mol. The Labute approximate surface area is 189 Å². The highest BCUT2D eigenvalue weighted by Crippen LogP contribution is 2.42. The number of benzene rings is 2. The van der Waals surface area contributed by atoms with Crippen LogP contribution in [0.2, 0.25) is 10.0 Å². The second-order valence-electron chi connectivity index (χ2n) is 7.50. The van der Waals surface area contributed by atoms with Crippen LogP contribution in [0.1, 0.15) is 34.1 Å². The fourth-order valence-corrected chi connectivity index (χ4v) is 4.09. The minimum atomic E-state index is -0.847. The molecule has 7 heteroatoms. The van der Waals surface area contributed by atoms with Crippen molar-refractivity contribution in [2.75, 3.05) is 0 Å². The Morgan fingerprint density at radius 2 is 1.84 bits per heavy atom. The van der Waals surface area contributed by atoms with Crippen LogP contribution < -0.4 is 0 Å². The smallest absolute Gasteiger partial charge is 0.296 e. The first-order chi connectivity index (χ1) is 14.8. The average molecular weight is 456 g/mol. The molecule has 158 valence electrons. The monoisotopic (exact) mass is 455 g/mol. The average Bonchev–Trinajstić information content (AvgIpc) is 3.34. The van der Waals surface area contributed by atoms with Crippen molar-refractivity contribution in [3.8, 4) is 0 Å². The second-order valence-corrected chi connectivity index (χ2v) is 8.31. The molecule has 1 fully saturated rings.